The van der Waals surface area contributed by atoms with E-state index in [0.717, 1.165) is 34.3 Å². The number of nitro benzene ring substituents is 1. The van der Waals surface area contributed by atoms with Crippen molar-refractivity contribution in [2.24, 2.45) is 5.10 Å². The van der Waals surface area contributed by atoms with Gasteiger partial charge in [-0.2, -0.15) is 5.10 Å². The highest BCUT2D eigenvalue weighted by Gasteiger charge is 2.17. The smallest absolute Gasteiger partial charge is 0.275 e. The molecule has 0 unspecified atom stereocenters. The summed E-state index contributed by atoms with van der Waals surface area (Å²) in [6, 6.07) is 14.0. The van der Waals surface area contributed by atoms with Crippen molar-refractivity contribution in [1.29, 1.82) is 0 Å². The Morgan fingerprint density at radius 2 is 1.93 bits per heavy atom. The summed E-state index contributed by atoms with van der Waals surface area (Å²) in [7, 11) is 1.39. The van der Waals surface area contributed by atoms with Gasteiger partial charge in [0.25, 0.3) is 11.6 Å². The van der Waals surface area contributed by atoms with E-state index in [1.165, 1.54) is 19.2 Å². The number of non-ortho nitro benzene ring substituents is 1. The molecule has 8 heteroatoms. The summed E-state index contributed by atoms with van der Waals surface area (Å²) in [5.41, 5.74) is 7.31. The molecule has 0 atom stereocenters. The lowest BCUT2D eigenvalue weighted by molar-refractivity contribution is -0.384. The number of aryl methyl sites for hydroxylation is 2. The van der Waals surface area contributed by atoms with Gasteiger partial charge in [0.05, 0.1) is 23.8 Å². The van der Waals surface area contributed by atoms with Gasteiger partial charge in [0.2, 0.25) is 0 Å². The van der Waals surface area contributed by atoms with Crippen LogP contribution in [0.25, 0.3) is 5.69 Å². The molecule has 0 saturated carbocycles. The number of hydrazone groups is 1. The van der Waals surface area contributed by atoms with Crippen LogP contribution in [-0.4, -0.2) is 28.7 Å². The van der Waals surface area contributed by atoms with E-state index in [-0.39, 0.29) is 17.0 Å². The Bertz CT molecular complexity index is 1150. The van der Waals surface area contributed by atoms with Gasteiger partial charge in [-0.05, 0) is 50.6 Å². The van der Waals surface area contributed by atoms with Gasteiger partial charge in [-0.1, -0.05) is 12.1 Å². The van der Waals surface area contributed by atoms with Crippen LogP contribution in [0.5, 0.6) is 5.75 Å². The van der Waals surface area contributed by atoms with Crippen molar-refractivity contribution < 1.29 is 14.5 Å². The predicted molar refractivity (Wildman–Crippen MR) is 115 cm³/mol. The Morgan fingerprint density at radius 3 is 2.60 bits per heavy atom. The van der Waals surface area contributed by atoms with Crippen molar-refractivity contribution in [1.82, 2.24) is 9.99 Å². The molecule has 0 aliphatic heterocycles. The second-order valence-corrected chi connectivity index (χ2v) is 6.84. The number of nitrogens with one attached hydrogen (secondary N) is 1. The Hall–Kier alpha value is -3.94. The molecule has 0 fully saturated rings. The number of benzene rings is 2. The van der Waals surface area contributed by atoms with Gasteiger partial charge in [0.15, 0.2) is 0 Å². The predicted octanol–water partition coefficient (Wildman–Crippen LogP) is 4.08. The number of hydrogen-bond donors (Lipinski definition) is 1. The average Bonchev–Trinajstić information content (AvgIpc) is 3.00. The number of nitrogens with zero attached hydrogens (tertiary/aromatic N) is 3. The summed E-state index contributed by atoms with van der Waals surface area (Å²) in [6.07, 6.45) is 1.55. The van der Waals surface area contributed by atoms with Gasteiger partial charge in [-0.25, -0.2) is 5.43 Å². The van der Waals surface area contributed by atoms with Crippen LogP contribution in [0, 0.1) is 30.9 Å². The van der Waals surface area contributed by atoms with Gasteiger partial charge < -0.3 is 9.30 Å². The maximum atomic E-state index is 12.5. The molecule has 30 heavy (non-hydrogen) atoms. The minimum atomic E-state index is -0.598. The highest BCUT2D eigenvalue weighted by atomic mass is 16.6. The standard InChI is InChI=1S/C22H22N4O4/c1-14-6-5-7-18(10-14)25-15(2)11-17(16(25)3)13-23-24-22(27)20-12-19(26(28)29)8-9-21(20)30-4/h5-13H,1-4H3,(H,24,27)/b23-13-. The van der Waals surface area contributed by atoms with Crippen LogP contribution in [0.3, 0.4) is 0 Å². The molecule has 0 saturated heterocycles. The van der Waals surface area contributed by atoms with Crippen LogP contribution in [0.1, 0.15) is 32.9 Å². The maximum Gasteiger partial charge on any atom is 0.275 e. The number of methoxy groups -OCH3 is 1. The minimum Gasteiger partial charge on any atom is -0.496 e. The maximum absolute atomic E-state index is 12.5. The minimum absolute atomic E-state index is 0.0362. The van der Waals surface area contributed by atoms with E-state index in [0.29, 0.717) is 0 Å². The molecule has 0 aliphatic rings. The van der Waals surface area contributed by atoms with Gasteiger partial charge >= 0.3 is 0 Å². The lowest BCUT2D eigenvalue weighted by Crippen LogP contribution is -2.18. The molecule has 1 heterocycles. The lowest BCUT2D eigenvalue weighted by atomic mass is 10.1. The highest BCUT2D eigenvalue weighted by molar-refractivity contribution is 5.98. The second kappa shape index (κ2) is 8.60. The number of hydrogen-bond acceptors (Lipinski definition) is 5. The Kier molecular flexibility index (Phi) is 5.96. The summed E-state index contributed by atoms with van der Waals surface area (Å²) in [5.74, 6) is -0.370. The van der Waals surface area contributed by atoms with Crippen molar-refractivity contribution in [2.45, 2.75) is 20.8 Å². The molecular formula is C22H22N4O4. The summed E-state index contributed by atoms with van der Waals surface area (Å²) < 4.78 is 7.23. The van der Waals surface area contributed by atoms with Crippen molar-refractivity contribution >= 4 is 17.8 Å². The highest BCUT2D eigenvalue weighted by Crippen LogP contribution is 2.24. The number of aromatic nitrogens is 1. The number of amides is 1. The number of rotatable bonds is 6. The third kappa shape index (κ3) is 4.22. The van der Waals surface area contributed by atoms with Gasteiger partial charge in [-0.15, -0.1) is 0 Å². The van der Waals surface area contributed by atoms with E-state index in [1.807, 2.05) is 45.0 Å². The van der Waals surface area contributed by atoms with Crippen molar-refractivity contribution in [2.75, 3.05) is 7.11 Å². The summed E-state index contributed by atoms with van der Waals surface area (Å²) >= 11 is 0. The topological polar surface area (TPSA) is 98.8 Å². The molecule has 154 valence electrons. The van der Waals surface area contributed by atoms with E-state index >= 15 is 0 Å². The van der Waals surface area contributed by atoms with E-state index in [1.54, 1.807) is 6.21 Å². The summed E-state index contributed by atoms with van der Waals surface area (Å²) in [6.45, 7) is 6.01. The number of carbonyl (C=O) groups is 1. The lowest BCUT2D eigenvalue weighted by Gasteiger charge is -2.10. The van der Waals surface area contributed by atoms with Crippen molar-refractivity contribution in [3.63, 3.8) is 0 Å². The Labute approximate surface area is 173 Å². The molecule has 3 rings (SSSR count). The molecule has 0 bridgehead atoms. The average molecular weight is 406 g/mol. The monoisotopic (exact) mass is 406 g/mol. The second-order valence-electron chi connectivity index (χ2n) is 6.84. The van der Waals surface area contributed by atoms with Crippen LogP contribution >= 0.6 is 0 Å². The van der Waals surface area contributed by atoms with Crippen molar-refractivity contribution in [3.8, 4) is 11.4 Å². The molecule has 0 aliphatic carbocycles. The SMILES string of the molecule is COc1ccc([N+](=O)[O-])cc1C(=O)N/N=C\c1cc(C)n(-c2cccc(C)c2)c1C. The summed E-state index contributed by atoms with van der Waals surface area (Å²) in [4.78, 5) is 22.9. The molecule has 3 aromatic rings. The normalized spacial score (nSPS) is 10.9. The third-order valence-corrected chi connectivity index (χ3v) is 4.74. The van der Waals surface area contributed by atoms with Crippen LogP contribution < -0.4 is 10.2 Å². The fourth-order valence-electron chi connectivity index (χ4n) is 3.29. The number of carbonyl (C=O) groups excluding carboxylic acids is 1. The molecule has 2 aromatic carbocycles. The fourth-order valence-corrected chi connectivity index (χ4v) is 3.29. The number of ether oxygens (including phenoxy) is 1. The Balaban J connectivity index is 1.83. The van der Waals surface area contributed by atoms with Crippen molar-refractivity contribution in [3.05, 3.63) is 86.7 Å². The van der Waals surface area contributed by atoms with Crippen LogP contribution in [0.15, 0.2) is 53.6 Å². The quantitative estimate of drug-likeness (QED) is 0.379. The van der Waals surface area contributed by atoms with E-state index in [4.69, 9.17) is 4.74 Å². The molecule has 1 amide bonds. The van der Waals surface area contributed by atoms with Gasteiger partial charge in [0, 0.05) is 34.8 Å². The summed E-state index contributed by atoms with van der Waals surface area (Å²) in [5, 5.41) is 15.0. The van der Waals surface area contributed by atoms with E-state index in [9.17, 15) is 14.9 Å². The molecule has 1 N–H and O–H groups in total. The van der Waals surface area contributed by atoms with E-state index < -0.39 is 10.8 Å². The largest absolute Gasteiger partial charge is 0.496 e. The van der Waals surface area contributed by atoms with Gasteiger partial charge in [0.1, 0.15) is 5.75 Å². The molecule has 0 spiro atoms. The van der Waals surface area contributed by atoms with Crippen LogP contribution in [-0.2, 0) is 0 Å². The zero-order valence-corrected chi connectivity index (χ0v) is 17.2. The first kappa shape index (κ1) is 20.8. The molecule has 0 radical (unpaired) electrons. The van der Waals surface area contributed by atoms with Crippen LogP contribution in [0.2, 0.25) is 0 Å². The first-order valence-corrected chi connectivity index (χ1v) is 9.23. The van der Waals surface area contributed by atoms with Crippen LogP contribution in [0.4, 0.5) is 5.69 Å². The molecular weight excluding hydrogens is 384 g/mol. The Morgan fingerprint density at radius 1 is 1.17 bits per heavy atom. The first-order chi connectivity index (χ1) is 14.3. The zero-order valence-electron chi connectivity index (χ0n) is 17.2. The van der Waals surface area contributed by atoms with Gasteiger partial charge in [-0.3, -0.25) is 14.9 Å². The first-order valence-electron chi connectivity index (χ1n) is 9.23. The third-order valence-electron chi connectivity index (χ3n) is 4.74. The zero-order chi connectivity index (χ0) is 21.8. The molecule has 1 aromatic heterocycles. The van der Waals surface area contributed by atoms with E-state index in [2.05, 4.69) is 21.2 Å². The fraction of sp³-hybridized carbons (Fsp3) is 0.182. The number of nitro groups is 1. The molecule has 8 nitrogen and oxygen atoms in total.